The van der Waals surface area contributed by atoms with Gasteiger partial charge in [-0.25, -0.2) is 9.82 Å². The van der Waals surface area contributed by atoms with Crippen molar-refractivity contribution < 1.29 is 19.0 Å². The summed E-state index contributed by atoms with van der Waals surface area (Å²) < 4.78 is 17.9. The average Bonchev–Trinajstić information content (AvgIpc) is 2.51. The van der Waals surface area contributed by atoms with E-state index in [0.29, 0.717) is 16.9 Å². The van der Waals surface area contributed by atoms with Gasteiger partial charge in [0.05, 0.1) is 19.7 Å². The van der Waals surface area contributed by atoms with E-state index < -0.39 is 0 Å². The van der Waals surface area contributed by atoms with Crippen molar-refractivity contribution in [1.82, 2.24) is 5.43 Å². The summed E-state index contributed by atoms with van der Waals surface area (Å²) in [5.41, 5.74) is 3.68. The molecule has 0 aliphatic heterocycles. The summed E-state index contributed by atoms with van der Waals surface area (Å²) in [6.45, 7) is 0. The van der Waals surface area contributed by atoms with E-state index >= 15 is 0 Å². The zero-order chi connectivity index (χ0) is 15.9. The van der Waals surface area contributed by atoms with E-state index in [2.05, 4.69) is 10.5 Å². The number of ether oxygens (including phenoxy) is 1. The number of halogens is 1. The Morgan fingerprint density at radius 2 is 2.05 bits per heavy atom. The van der Waals surface area contributed by atoms with Crippen molar-refractivity contribution >= 4 is 12.1 Å². The first-order chi connectivity index (χ1) is 10.6. The number of hydrogen-bond acceptors (Lipinski definition) is 4. The Morgan fingerprint density at radius 1 is 1.32 bits per heavy atom. The molecule has 0 bridgehead atoms. The Hall–Kier alpha value is -2.89. The molecular formula is C16H15FN2O3. The summed E-state index contributed by atoms with van der Waals surface area (Å²) in [6.07, 6.45) is 1.52. The van der Waals surface area contributed by atoms with E-state index in [0.717, 1.165) is 0 Å². The largest absolute Gasteiger partial charge is 0.508 e. The quantitative estimate of drug-likeness (QED) is 0.657. The van der Waals surface area contributed by atoms with Gasteiger partial charge in [-0.15, -0.1) is 0 Å². The highest BCUT2D eigenvalue weighted by Crippen LogP contribution is 2.22. The third-order valence-corrected chi connectivity index (χ3v) is 2.89. The standard InChI is InChI=1S/C16H15FN2O3/c1-22-15-9-14(20)7-4-12(15)10-18-19-16(21)8-11-2-5-13(17)6-3-11/h2-7,9-10,20H,8H2,1H3,(H,19,21). The zero-order valence-corrected chi connectivity index (χ0v) is 11.9. The number of nitrogens with one attached hydrogen (secondary N) is 1. The maximum absolute atomic E-state index is 12.8. The molecule has 0 aliphatic carbocycles. The van der Waals surface area contributed by atoms with E-state index in [1.807, 2.05) is 0 Å². The minimum absolute atomic E-state index is 0.0781. The Labute approximate surface area is 127 Å². The summed E-state index contributed by atoms with van der Waals surface area (Å²) in [7, 11) is 1.47. The van der Waals surface area contributed by atoms with E-state index in [9.17, 15) is 14.3 Å². The molecule has 0 aliphatic rings. The molecule has 0 spiro atoms. The van der Waals surface area contributed by atoms with Crippen molar-refractivity contribution in [2.24, 2.45) is 5.10 Å². The van der Waals surface area contributed by atoms with Gasteiger partial charge in [0.25, 0.3) is 0 Å². The fourth-order valence-electron chi connectivity index (χ4n) is 1.81. The summed E-state index contributed by atoms with van der Waals surface area (Å²) >= 11 is 0. The fraction of sp³-hybridized carbons (Fsp3) is 0.125. The molecule has 0 aromatic heterocycles. The Morgan fingerprint density at radius 3 is 2.73 bits per heavy atom. The smallest absolute Gasteiger partial charge is 0.244 e. The highest BCUT2D eigenvalue weighted by molar-refractivity contribution is 5.86. The van der Waals surface area contributed by atoms with Gasteiger partial charge in [0.1, 0.15) is 17.3 Å². The van der Waals surface area contributed by atoms with Gasteiger partial charge >= 0.3 is 0 Å². The van der Waals surface area contributed by atoms with Crippen molar-refractivity contribution in [1.29, 1.82) is 0 Å². The number of rotatable bonds is 5. The van der Waals surface area contributed by atoms with Crippen LogP contribution in [0.3, 0.4) is 0 Å². The molecule has 2 aromatic rings. The molecule has 2 rings (SSSR count). The molecule has 0 heterocycles. The lowest BCUT2D eigenvalue weighted by atomic mass is 10.1. The van der Waals surface area contributed by atoms with Crippen LogP contribution in [0.25, 0.3) is 0 Å². The highest BCUT2D eigenvalue weighted by Gasteiger charge is 2.04. The van der Waals surface area contributed by atoms with Crippen molar-refractivity contribution in [2.75, 3.05) is 7.11 Å². The molecule has 0 atom stereocenters. The first kappa shape index (κ1) is 15.5. The molecule has 0 radical (unpaired) electrons. The molecule has 0 fully saturated rings. The van der Waals surface area contributed by atoms with E-state index in [1.165, 1.54) is 37.6 Å². The lowest BCUT2D eigenvalue weighted by Crippen LogP contribution is -2.19. The molecule has 6 heteroatoms. The van der Waals surface area contributed by atoms with Crippen LogP contribution in [0.5, 0.6) is 11.5 Å². The van der Waals surface area contributed by atoms with Gasteiger partial charge in [-0.2, -0.15) is 5.10 Å². The molecule has 2 N–H and O–H groups in total. The molecule has 0 unspecified atom stereocenters. The third kappa shape index (κ3) is 4.31. The SMILES string of the molecule is COc1cc(O)ccc1C=NNC(=O)Cc1ccc(F)cc1. The minimum Gasteiger partial charge on any atom is -0.508 e. The molecular weight excluding hydrogens is 287 g/mol. The lowest BCUT2D eigenvalue weighted by molar-refractivity contribution is -0.120. The van der Waals surface area contributed by atoms with Crippen LogP contribution < -0.4 is 10.2 Å². The number of phenolic OH excluding ortho intramolecular Hbond substituents is 1. The number of amides is 1. The molecule has 5 nitrogen and oxygen atoms in total. The zero-order valence-electron chi connectivity index (χ0n) is 11.9. The number of methoxy groups -OCH3 is 1. The van der Waals surface area contributed by atoms with Crippen LogP contribution >= 0.6 is 0 Å². The van der Waals surface area contributed by atoms with Crippen LogP contribution in [0.15, 0.2) is 47.6 Å². The van der Waals surface area contributed by atoms with Gasteiger partial charge in [-0.1, -0.05) is 12.1 Å². The van der Waals surface area contributed by atoms with E-state index in [-0.39, 0.29) is 23.9 Å². The van der Waals surface area contributed by atoms with Crippen LogP contribution in [-0.2, 0) is 11.2 Å². The molecule has 114 valence electrons. The second-order valence-corrected chi connectivity index (χ2v) is 4.52. The van der Waals surface area contributed by atoms with Crippen LogP contribution in [0.2, 0.25) is 0 Å². The predicted octanol–water partition coefficient (Wildman–Crippen LogP) is 2.23. The normalized spacial score (nSPS) is 10.6. The van der Waals surface area contributed by atoms with Gasteiger partial charge in [0.15, 0.2) is 0 Å². The monoisotopic (exact) mass is 302 g/mol. The van der Waals surface area contributed by atoms with Gasteiger partial charge in [0.2, 0.25) is 5.91 Å². The maximum atomic E-state index is 12.8. The Balaban J connectivity index is 1.94. The second-order valence-electron chi connectivity index (χ2n) is 4.52. The first-order valence-electron chi connectivity index (χ1n) is 6.52. The third-order valence-electron chi connectivity index (χ3n) is 2.89. The number of hydrazone groups is 1. The Kier molecular flexibility index (Phi) is 5.08. The molecule has 22 heavy (non-hydrogen) atoms. The Bertz CT molecular complexity index is 684. The molecule has 0 saturated heterocycles. The van der Waals surface area contributed by atoms with Crippen LogP contribution in [0.4, 0.5) is 4.39 Å². The molecule has 2 aromatic carbocycles. The number of nitrogens with zero attached hydrogens (tertiary/aromatic N) is 1. The van der Waals surface area contributed by atoms with Crippen LogP contribution in [0, 0.1) is 5.82 Å². The van der Waals surface area contributed by atoms with E-state index in [4.69, 9.17) is 4.74 Å². The van der Waals surface area contributed by atoms with E-state index in [1.54, 1.807) is 18.2 Å². The number of aromatic hydroxyl groups is 1. The van der Waals surface area contributed by atoms with Crippen molar-refractivity contribution in [3.05, 3.63) is 59.4 Å². The fourth-order valence-corrected chi connectivity index (χ4v) is 1.81. The van der Waals surface area contributed by atoms with Crippen molar-refractivity contribution in [3.63, 3.8) is 0 Å². The number of phenols is 1. The molecule has 1 amide bonds. The van der Waals surface area contributed by atoms with Gasteiger partial charge in [-0.3, -0.25) is 4.79 Å². The number of carbonyl (C=O) groups excluding carboxylic acids is 1. The average molecular weight is 302 g/mol. The van der Waals surface area contributed by atoms with Gasteiger partial charge in [-0.05, 0) is 29.8 Å². The first-order valence-corrected chi connectivity index (χ1v) is 6.52. The summed E-state index contributed by atoms with van der Waals surface area (Å²) in [4.78, 5) is 11.7. The van der Waals surface area contributed by atoms with Crippen molar-refractivity contribution in [3.8, 4) is 11.5 Å². The maximum Gasteiger partial charge on any atom is 0.244 e. The van der Waals surface area contributed by atoms with Crippen LogP contribution in [0.1, 0.15) is 11.1 Å². The number of benzene rings is 2. The second kappa shape index (κ2) is 7.21. The van der Waals surface area contributed by atoms with Crippen LogP contribution in [-0.4, -0.2) is 24.3 Å². The lowest BCUT2D eigenvalue weighted by Gasteiger charge is -2.04. The number of hydrogen-bond donors (Lipinski definition) is 2. The topological polar surface area (TPSA) is 70.9 Å². The van der Waals surface area contributed by atoms with Crippen molar-refractivity contribution in [2.45, 2.75) is 6.42 Å². The summed E-state index contributed by atoms with van der Waals surface area (Å²) in [6, 6.07) is 10.2. The summed E-state index contributed by atoms with van der Waals surface area (Å²) in [5, 5.41) is 13.2. The van der Waals surface area contributed by atoms with Gasteiger partial charge in [0, 0.05) is 11.6 Å². The highest BCUT2D eigenvalue weighted by atomic mass is 19.1. The van der Waals surface area contributed by atoms with Gasteiger partial charge < -0.3 is 9.84 Å². The predicted molar refractivity (Wildman–Crippen MR) is 80.5 cm³/mol. The molecule has 0 saturated carbocycles. The minimum atomic E-state index is -0.346. The summed E-state index contributed by atoms with van der Waals surface area (Å²) in [5.74, 6) is -0.145. The number of carbonyl (C=O) groups is 1.